The molecule has 0 bridgehead atoms. The van der Waals surface area contributed by atoms with Crippen LogP contribution in [0, 0.1) is 17.8 Å². The molecule has 1 saturated heterocycles. The topological polar surface area (TPSA) is 3.24 Å². The van der Waals surface area contributed by atoms with E-state index in [1.165, 1.54) is 32.5 Å². The fraction of sp³-hybridized carbons (Fsp3) is 0.692. The Hall–Kier alpha value is -0.560. The predicted octanol–water partition coefficient (Wildman–Crippen LogP) is 2.46. The molecule has 1 aliphatic heterocycles. The number of hydrogen-bond donors (Lipinski definition) is 0. The van der Waals surface area contributed by atoms with Gasteiger partial charge in [-0.05, 0) is 37.1 Å². The molecule has 1 heterocycles. The van der Waals surface area contributed by atoms with Crippen molar-refractivity contribution in [2.45, 2.75) is 19.8 Å². The van der Waals surface area contributed by atoms with Gasteiger partial charge in [0.1, 0.15) is 0 Å². The molecule has 0 aromatic carbocycles. The molecule has 2 aliphatic carbocycles. The van der Waals surface area contributed by atoms with Crippen LogP contribution in [0.1, 0.15) is 19.8 Å². The van der Waals surface area contributed by atoms with Gasteiger partial charge in [0.15, 0.2) is 0 Å². The highest BCUT2D eigenvalue weighted by molar-refractivity contribution is 5.31. The molecule has 0 radical (unpaired) electrons. The Balaban J connectivity index is 1.62. The zero-order chi connectivity index (χ0) is 9.54. The lowest BCUT2D eigenvalue weighted by Crippen LogP contribution is -2.24. The summed E-state index contributed by atoms with van der Waals surface area (Å²) < 4.78 is 0. The van der Waals surface area contributed by atoms with E-state index in [0.717, 1.165) is 17.8 Å². The zero-order valence-electron chi connectivity index (χ0n) is 8.95. The van der Waals surface area contributed by atoms with Crippen LogP contribution in [-0.4, -0.2) is 24.5 Å². The number of fused-ring (bicyclic) bond motifs is 1. The molecule has 1 saturated carbocycles. The molecule has 3 atom stereocenters. The molecule has 0 spiro atoms. The maximum Gasteiger partial charge on any atom is 0.0199 e. The van der Waals surface area contributed by atoms with Gasteiger partial charge in [0.2, 0.25) is 0 Å². The van der Waals surface area contributed by atoms with Crippen LogP contribution in [0.3, 0.4) is 0 Å². The van der Waals surface area contributed by atoms with Gasteiger partial charge in [-0.3, -0.25) is 4.90 Å². The summed E-state index contributed by atoms with van der Waals surface area (Å²) in [6.45, 7) is 6.25. The van der Waals surface area contributed by atoms with E-state index in [1.54, 1.807) is 5.57 Å². The SMILES string of the molecule is CC1CCN(CC2=CC=CC3CC23)C1. The number of nitrogens with zero attached hydrogens (tertiary/aromatic N) is 1. The number of rotatable bonds is 2. The van der Waals surface area contributed by atoms with Crippen LogP contribution in [0.2, 0.25) is 0 Å². The summed E-state index contributed by atoms with van der Waals surface area (Å²) in [6.07, 6.45) is 9.82. The van der Waals surface area contributed by atoms with Crippen molar-refractivity contribution < 1.29 is 0 Å². The van der Waals surface area contributed by atoms with Crippen LogP contribution >= 0.6 is 0 Å². The van der Waals surface area contributed by atoms with Crippen LogP contribution in [0.4, 0.5) is 0 Å². The predicted molar refractivity (Wildman–Crippen MR) is 59.0 cm³/mol. The van der Waals surface area contributed by atoms with Gasteiger partial charge >= 0.3 is 0 Å². The lowest BCUT2D eigenvalue weighted by molar-refractivity contribution is 0.349. The molecule has 3 rings (SSSR count). The first-order valence-corrected chi connectivity index (χ1v) is 5.92. The largest absolute Gasteiger partial charge is 0.299 e. The average Bonchev–Trinajstić information content (AvgIpc) is 2.86. The smallest absolute Gasteiger partial charge is 0.0199 e. The first-order chi connectivity index (χ1) is 6.83. The Morgan fingerprint density at radius 3 is 3.21 bits per heavy atom. The van der Waals surface area contributed by atoms with Crippen LogP contribution in [0.25, 0.3) is 0 Å². The van der Waals surface area contributed by atoms with Crippen molar-refractivity contribution in [2.75, 3.05) is 19.6 Å². The second kappa shape index (κ2) is 3.23. The average molecular weight is 189 g/mol. The maximum absolute atomic E-state index is 2.63. The van der Waals surface area contributed by atoms with Crippen molar-refractivity contribution in [2.24, 2.45) is 17.8 Å². The Bertz CT molecular complexity index is 290. The normalized spacial score (nSPS) is 40.9. The summed E-state index contributed by atoms with van der Waals surface area (Å²) in [5.41, 5.74) is 1.70. The van der Waals surface area contributed by atoms with Gasteiger partial charge in [0.25, 0.3) is 0 Å². The molecular weight excluding hydrogens is 170 g/mol. The van der Waals surface area contributed by atoms with Crippen LogP contribution in [-0.2, 0) is 0 Å². The van der Waals surface area contributed by atoms with Gasteiger partial charge in [-0.25, -0.2) is 0 Å². The van der Waals surface area contributed by atoms with Gasteiger partial charge in [-0.15, -0.1) is 0 Å². The second-order valence-corrected chi connectivity index (χ2v) is 5.26. The summed E-state index contributed by atoms with van der Waals surface area (Å²) >= 11 is 0. The van der Waals surface area contributed by atoms with E-state index < -0.39 is 0 Å². The molecule has 2 fully saturated rings. The molecule has 14 heavy (non-hydrogen) atoms. The Morgan fingerprint density at radius 2 is 2.43 bits per heavy atom. The fourth-order valence-electron chi connectivity index (χ4n) is 2.90. The molecule has 0 aromatic rings. The fourth-order valence-corrected chi connectivity index (χ4v) is 2.90. The number of allylic oxidation sites excluding steroid dienone is 3. The third-order valence-electron chi connectivity index (χ3n) is 3.90. The Labute approximate surface area is 86.5 Å². The van der Waals surface area contributed by atoms with Crippen molar-refractivity contribution in [1.29, 1.82) is 0 Å². The monoisotopic (exact) mass is 189 g/mol. The number of hydrogen-bond acceptors (Lipinski definition) is 1. The number of likely N-dealkylation sites (tertiary alicyclic amines) is 1. The molecule has 3 aliphatic rings. The molecule has 0 aromatic heterocycles. The minimum Gasteiger partial charge on any atom is -0.299 e. The minimum absolute atomic E-state index is 0.912. The van der Waals surface area contributed by atoms with Crippen molar-refractivity contribution in [3.8, 4) is 0 Å². The lowest BCUT2D eigenvalue weighted by Gasteiger charge is -2.18. The van der Waals surface area contributed by atoms with E-state index in [9.17, 15) is 0 Å². The third-order valence-corrected chi connectivity index (χ3v) is 3.90. The third kappa shape index (κ3) is 1.54. The Morgan fingerprint density at radius 1 is 1.50 bits per heavy atom. The van der Waals surface area contributed by atoms with E-state index in [0.29, 0.717) is 0 Å². The van der Waals surface area contributed by atoms with Crippen molar-refractivity contribution >= 4 is 0 Å². The summed E-state index contributed by atoms with van der Waals surface area (Å²) in [4.78, 5) is 2.63. The van der Waals surface area contributed by atoms with E-state index in [1.807, 2.05) is 0 Å². The van der Waals surface area contributed by atoms with Gasteiger partial charge in [0, 0.05) is 13.1 Å². The highest BCUT2D eigenvalue weighted by Gasteiger charge is 2.39. The lowest BCUT2D eigenvalue weighted by atomic mass is 10.0. The first kappa shape index (κ1) is 8.72. The van der Waals surface area contributed by atoms with Crippen molar-refractivity contribution in [1.82, 2.24) is 4.90 Å². The van der Waals surface area contributed by atoms with Gasteiger partial charge in [-0.2, -0.15) is 0 Å². The van der Waals surface area contributed by atoms with E-state index in [4.69, 9.17) is 0 Å². The Kier molecular flexibility index (Phi) is 2.01. The standard InChI is InChI=1S/C13H19N/c1-10-5-6-14(8-10)9-12-4-2-3-11-7-13(11)12/h2-4,10-11,13H,5-9H2,1H3. The minimum atomic E-state index is 0.912. The van der Waals surface area contributed by atoms with E-state index in [-0.39, 0.29) is 0 Å². The summed E-state index contributed by atoms with van der Waals surface area (Å²) in [7, 11) is 0. The van der Waals surface area contributed by atoms with Crippen molar-refractivity contribution in [3.63, 3.8) is 0 Å². The van der Waals surface area contributed by atoms with Gasteiger partial charge in [-0.1, -0.05) is 30.7 Å². The van der Waals surface area contributed by atoms with Gasteiger partial charge < -0.3 is 0 Å². The molecule has 0 N–H and O–H groups in total. The van der Waals surface area contributed by atoms with Crippen LogP contribution < -0.4 is 0 Å². The molecule has 76 valence electrons. The first-order valence-electron chi connectivity index (χ1n) is 5.92. The highest BCUT2D eigenvalue weighted by atomic mass is 15.1. The van der Waals surface area contributed by atoms with E-state index in [2.05, 4.69) is 30.1 Å². The van der Waals surface area contributed by atoms with Crippen LogP contribution in [0.5, 0.6) is 0 Å². The highest BCUT2D eigenvalue weighted by Crippen LogP contribution is 2.47. The molecular formula is C13H19N. The quantitative estimate of drug-likeness (QED) is 0.645. The second-order valence-electron chi connectivity index (χ2n) is 5.26. The maximum atomic E-state index is 2.63. The molecule has 1 heteroatoms. The summed E-state index contributed by atoms with van der Waals surface area (Å²) in [5.74, 6) is 2.76. The molecule has 3 unspecified atom stereocenters. The van der Waals surface area contributed by atoms with Crippen molar-refractivity contribution in [3.05, 3.63) is 23.8 Å². The molecule has 0 amide bonds. The van der Waals surface area contributed by atoms with Gasteiger partial charge in [0.05, 0.1) is 0 Å². The van der Waals surface area contributed by atoms with Crippen LogP contribution in [0.15, 0.2) is 23.8 Å². The zero-order valence-corrected chi connectivity index (χ0v) is 8.95. The summed E-state index contributed by atoms with van der Waals surface area (Å²) in [6, 6.07) is 0. The van der Waals surface area contributed by atoms with E-state index >= 15 is 0 Å². The molecule has 1 nitrogen and oxygen atoms in total. The summed E-state index contributed by atoms with van der Waals surface area (Å²) in [5, 5.41) is 0.